The predicted octanol–water partition coefficient (Wildman–Crippen LogP) is 0.759. The van der Waals surface area contributed by atoms with Crippen LogP contribution < -0.4 is 5.73 Å². The lowest BCUT2D eigenvalue weighted by atomic mass is 10.1. The molecule has 0 aromatic carbocycles. The van der Waals surface area contributed by atoms with E-state index in [1.54, 1.807) is 6.20 Å². The van der Waals surface area contributed by atoms with Crippen molar-refractivity contribution in [2.75, 3.05) is 20.1 Å². The van der Waals surface area contributed by atoms with Crippen molar-refractivity contribution in [3.63, 3.8) is 0 Å². The van der Waals surface area contributed by atoms with Crippen LogP contribution in [0.2, 0.25) is 0 Å². The Kier molecular flexibility index (Phi) is 3.32. The van der Waals surface area contributed by atoms with Gasteiger partial charge in [-0.2, -0.15) is 0 Å². The molecule has 3 heterocycles. The van der Waals surface area contributed by atoms with Crippen molar-refractivity contribution < 1.29 is 4.79 Å². The molecule has 1 aromatic heterocycles. The Balaban J connectivity index is 1.89. The number of nitrogens with zero attached hydrogens (tertiary/aromatic N) is 3. The highest BCUT2D eigenvalue weighted by Gasteiger charge is 2.46. The number of hydrogen-bond acceptors (Lipinski definition) is 4. The quantitative estimate of drug-likeness (QED) is 0.891. The summed E-state index contributed by atoms with van der Waals surface area (Å²) in [6.07, 6.45) is 2.82. The minimum Gasteiger partial charge on any atom is -0.368 e. The number of halogens is 1. The van der Waals surface area contributed by atoms with Crippen molar-refractivity contribution in [2.45, 2.75) is 24.5 Å². The third-order valence-corrected chi connectivity index (χ3v) is 4.67. The Bertz CT molecular complexity index is 507. The molecular formula is C13H17BrN4O. The fourth-order valence-corrected chi connectivity index (χ4v) is 3.62. The van der Waals surface area contributed by atoms with E-state index >= 15 is 0 Å². The Morgan fingerprint density at radius 2 is 2.32 bits per heavy atom. The van der Waals surface area contributed by atoms with Crippen molar-refractivity contribution in [1.29, 1.82) is 0 Å². The van der Waals surface area contributed by atoms with E-state index in [0.29, 0.717) is 12.1 Å². The van der Waals surface area contributed by atoms with Gasteiger partial charge in [-0.15, -0.1) is 0 Å². The molecule has 3 rings (SSSR count). The minimum absolute atomic E-state index is 0.319. The van der Waals surface area contributed by atoms with Crippen LogP contribution in [0.1, 0.15) is 18.2 Å². The first kappa shape index (κ1) is 13.0. The van der Waals surface area contributed by atoms with Gasteiger partial charge in [-0.25, -0.2) is 0 Å². The van der Waals surface area contributed by atoms with Crippen molar-refractivity contribution in [1.82, 2.24) is 14.8 Å². The zero-order valence-electron chi connectivity index (χ0n) is 10.8. The largest absolute Gasteiger partial charge is 0.368 e. The van der Waals surface area contributed by atoms with E-state index in [2.05, 4.69) is 37.8 Å². The van der Waals surface area contributed by atoms with Crippen molar-refractivity contribution >= 4 is 21.8 Å². The topological polar surface area (TPSA) is 62.5 Å². The van der Waals surface area contributed by atoms with Crippen LogP contribution in [-0.2, 0) is 4.79 Å². The SMILES string of the molecule is CN1C[C@@H]2C[C@H]1CN2C(C(N)=O)c1cc(Br)ccn1. The van der Waals surface area contributed by atoms with E-state index in [0.717, 1.165) is 29.7 Å². The highest BCUT2D eigenvalue weighted by atomic mass is 79.9. The molecule has 19 heavy (non-hydrogen) atoms. The van der Waals surface area contributed by atoms with Gasteiger partial charge in [-0.3, -0.25) is 14.7 Å². The van der Waals surface area contributed by atoms with Gasteiger partial charge < -0.3 is 10.6 Å². The number of aromatic nitrogens is 1. The zero-order valence-corrected chi connectivity index (χ0v) is 12.4. The maximum Gasteiger partial charge on any atom is 0.241 e. The lowest BCUT2D eigenvalue weighted by Crippen LogP contribution is -2.49. The van der Waals surface area contributed by atoms with Gasteiger partial charge in [-0.05, 0) is 25.6 Å². The molecule has 1 aromatic rings. The molecule has 2 fully saturated rings. The highest BCUT2D eigenvalue weighted by molar-refractivity contribution is 9.10. The molecule has 2 aliphatic heterocycles. The molecule has 1 unspecified atom stereocenters. The second kappa shape index (κ2) is 4.85. The first-order chi connectivity index (χ1) is 9.06. The number of piperazine rings is 1. The second-order valence-electron chi connectivity index (χ2n) is 5.38. The lowest BCUT2D eigenvalue weighted by Gasteiger charge is -2.35. The van der Waals surface area contributed by atoms with E-state index in [-0.39, 0.29) is 5.91 Å². The van der Waals surface area contributed by atoms with E-state index in [4.69, 9.17) is 5.73 Å². The van der Waals surface area contributed by atoms with Crippen LogP contribution in [0, 0.1) is 0 Å². The molecule has 6 heteroatoms. The van der Waals surface area contributed by atoms with Crippen LogP contribution in [0.15, 0.2) is 22.8 Å². The van der Waals surface area contributed by atoms with E-state index < -0.39 is 6.04 Å². The minimum atomic E-state index is -0.416. The van der Waals surface area contributed by atoms with Crippen LogP contribution >= 0.6 is 15.9 Å². The van der Waals surface area contributed by atoms with Gasteiger partial charge in [-0.1, -0.05) is 15.9 Å². The molecule has 0 saturated carbocycles. The number of likely N-dealkylation sites (tertiary alicyclic amines) is 2. The number of rotatable bonds is 3. The number of fused-ring (bicyclic) bond motifs is 2. The van der Waals surface area contributed by atoms with Crippen LogP contribution in [-0.4, -0.2) is 52.9 Å². The number of hydrogen-bond donors (Lipinski definition) is 1. The van der Waals surface area contributed by atoms with E-state index in [1.165, 1.54) is 0 Å². The van der Waals surface area contributed by atoms with Gasteiger partial charge in [0.25, 0.3) is 0 Å². The summed E-state index contributed by atoms with van der Waals surface area (Å²) in [5.41, 5.74) is 6.35. The number of carbonyl (C=O) groups excluding carboxylic acids is 1. The number of pyridine rings is 1. The lowest BCUT2D eigenvalue weighted by molar-refractivity contribution is -0.124. The summed E-state index contributed by atoms with van der Waals surface area (Å²) < 4.78 is 0.922. The van der Waals surface area contributed by atoms with Gasteiger partial charge in [0.1, 0.15) is 6.04 Å². The van der Waals surface area contributed by atoms with Crippen molar-refractivity contribution in [3.8, 4) is 0 Å². The smallest absolute Gasteiger partial charge is 0.241 e. The molecule has 0 spiro atoms. The molecule has 2 N–H and O–H groups in total. The van der Waals surface area contributed by atoms with Gasteiger partial charge in [0.15, 0.2) is 0 Å². The normalized spacial score (nSPS) is 28.7. The molecule has 5 nitrogen and oxygen atoms in total. The molecule has 2 bridgehead atoms. The van der Waals surface area contributed by atoms with Crippen LogP contribution in [0.4, 0.5) is 0 Å². The van der Waals surface area contributed by atoms with E-state index in [1.807, 2.05) is 12.1 Å². The van der Waals surface area contributed by atoms with Crippen molar-refractivity contribution in [3.05, 3.63) is 28.5 Å². The standard InChI is InChI=1S/C13H17BrN4O/c1-17-6-10-5-9(17)7-18(10)12(13(15)19)11-4-8(14)2-3-16-11/h2-4,9-10,12H,5-7H2,1H3,(H2,15,19)/t9-,10-,12?/m0/s1. The van der Waals surface area contributed by atoms with Crippen molar-refractivity contribution in [2.24, 2.45) is 5.73 Å². The number of amides is 1. The Morgan fingerprint density at radius 1 is 1.53 bits per heavy atom. The zero-order chi connectivity index (χ0) is 13.6. The first-order valence-corrected chi connectivity index (χ1v) is 7.22. The summed E-state index contributed by atoms with van der Waals surface area (Å²) >= 11 is 3.42. The number of nitrogens with two attached hydrogens (primary N) is 1. The fraction of sp³-hybridized carbons (Fsp3) is 0.538. The summed E-state index contributed by atoms with van der Waals surface area (Å²) in [6, 6.07) is 4.27. The van der Waals surface area contributed by atoms with Gasteiger partial charge in [0.2, 0.25) is 5.91 Å². The molecule has 1 amide bonds. The highest BCUT2D eigenvalue weighted by Crippen LogP contribution is 2.35. The van der Waals surface area contributed by atoms with Gasteiger partial charge in [0, 0.05) is 35.8 Å². The number of carbonyl (C=O) groups is 1. The predicted molar refractivity (Wildman–Crippen MR) is 75.4 cm³/mol. The molecule has 102 valence electrons. The molecular weight excluding hydrogens is 308 g/mol. The summed E-state index contributed by atoms with van der Waals surface area (Å²) in [7, 11) is 2.14. The third kappa shape index (κ3) is 2.28. The second-order valence-corrected chi connectivity index (χ2v) is 6.30. The Hall–Kier alpha value is -0.980. The first-order valence-electron chi connectivity index (χ1n) is 6.43. The maximum absolute atomic E-state index is 11.9. The molecule has 0 aliphatic carbocycles. The maximum atomic E-state index is 11.9. The average molecular weight is 325 g/mol. The van der Waals surface area contributed by atoms with Crippen LogP contribution in [0.25, 0.3) is 0 Å². The summed E-state index contributed by atoms with van der Waals surface area (Å²) in [6.45, 7) is 1.89. The Morgan fingerprint density at radius 3 is 2.84 bits per heavy atom. The van der Waals surface area contributed by atoms with Gasteiger partial charge >= 0.3 is 0 Å². The summed E-state index contributed by atoms with van der Waals surface area (Å²) in [5, 5.41) is 0. The third-order valence-electron chi connectivity index (χ3n) is 4.18. The molecule has 2 saturated heterocycles. The number of likely N-dealkylation sites (N-methyl/N-ethyl adjacent to an activating group) is 1. The van der Waals surface area contributed by atoms with E-state index in [9.17, 15) is 4.79 Å². The monoisotopic (exact) mass is 324 g/mol. The van der Waals surface area contributed by atoms with Crippen LogP contribution in [0.5, 0.6) is 0 Å². The Labute approximate surface area is 120 Å². The van der Waals surface area contributed by atoms with Gasteiger partial charge in [0.05, 0.1) is 5.69 Å². The summed E-state index contributed by atoms with van der Waals surface area (Å²) in [5.74, 6) is -0.319. The molecule has 0 radical (unpaired) electrons. The summed E-state index contributed by atoms with van der Waals surface area (Å²) in [4.78, 5) is 20.8. The number of primary amides is 1. The molecule has 3 atom stereocenters. The molecule has 2 aliphatic rings. The fourth-order valence-electron chi connectivity index (χ4n) is 3.26. The average Bonchev–Trinajstić information content (AvgIpc) is 2.88. The van der Waals surface area contributed by atoms with Crippen LogP contribution in [0.3, 0.4) is 0 Å².